The number of hydrogen-bond acceptors (Lipinski definition) is 6. The number of fused-ring (bicyclic) bond motifs is 1. The first-order valence-electron chi connectivity index (χ1n) is 10.5. The molecule has 0 bridgehead atoms. The van der Waals surface area contributed by atoms with Crippen molar-refractivity contribution in [2.24, 2.45) is 11.8 Å². The number of rotatable bonds is 5. The van der Waals surface area contributed by atoms with Gasteiger partial charge in [-0.15, -0.1) is 0 Å². The zero-order valence-electron chi connectivity index (χ0n) is 17.4. The van der Waals surface area contributed by atoms with Crippen molar-refractivity contribution < 1.29 is 9.53 Å². The Hall–Kier alpha value is -2.77. The highest BCUT2D eigenvalue weighted by molar-refractivity contribution is 6.34. The van der Waals surface area contributed by atoms with Gasteiger partial charge in [0.2, 0.25) is 5.88 Å². The van der Waals surface area contributed by atoms with Crippen molar-refractivity contribution in [3.8, 4) is 17.3 Å². The van der Waals surface area contributed by atoms with Gasteiger partial charge in [-0.2, -0.15) is 0 Å². The number of piperidine rings is 1. The second-order valence-corrected chi connectivity index (χ2v) is 9.11. The molecule has 1 saturated heterocycles. The van der Waals surface area contributed by atoms with E-state index in [9.17, 15) is 4.79 Å². The second-order valence-electron chi connectivity index (χ2n) is 8.28. The van der Waals surface area contributed by atoms with Crippen LogP contribution in [0, 0.1) is 18.8 Å². The van der Waals surface area contributed by atoms with Gasteiger partial charge in [-0.1, -0.05) is 23.2 Å². The minimum Gasteiger partial charge on any atom is -0.475 e. The number of halogens is 2. The summed E-state index contributed by atoms with van der Waals surface area (Å²) in [6, 6.07) is 8.54. The Labute approximate surface area is 195 Å². The Morgan fingerprint density at radius 1 is 1.12 bits per heavy atom. The third-order valence-corrected chi connectivity index (χ3v) is 6.39. The molecule has 0 radical (unpaired) electrons. The van der Waals surface area contributed by atoms with E-state index in [2.05, 4.69) is 19.9 Å². The number of nitrogens with zero attached hydrogens (tertiary/aromatic N) is 5. The summed E-state index contributed by atoms with van der Waals surface area (Å²) in [5.74, 6) is 1.86. The minimum absolute atomic E-state index is 0.0994. The normalized spacial score (nSPS) is 21.7. The first-order chi connectivity index (χ1) is 15.5. The predicted octanol–water partition coefficient (Wildman–Crippen LogP) is 4.48. The van der Waals surface area contributed by atoms with Crippen LogP contribution in [0.15, 0.2) is 42.7 Å². The van der Waals surface area contributed by atoms with Crippen LogP contribution < -0.4 is 4.74 Å². The van der Waals surface area contributed by atoms with Crippen LogP contribution >= 0.6 is 23.2 Å². The molecule has 1 aliphatic heterocycles. The lowest BCUT2D eigenvalue weighted by molar-refractivity contribution is 0.0503. The molecule has 7 nitrogen and oxygen atoms in total. The van der Waals surface area contributed by atoms with E-state index in [0.29, 0.717) is 53.0 Å². The molecule has 1 aliphatic carbocycles. The van der Waals surface area contributed by atoms with Gasteiger partial charge in [0.05, 0.1) is 11.6 Å². The van der Waals surface area contributed by atoms with Gasteiger partial charge >= 0.3 is 0 Å². The van der Waals surface area contributed by atoms with Crippen LogP contribution in [0.5, 0.6) is 5.88 Å². The van der Waals surface area contributed by atoms with Crippen molar-refractivity contribution in [1.82, 2.24) is 24.8 Å². The van der Waals surface area contributed by atoms with Gasteiger partial charge in [-0.25, -0.2) is 19.9 Å². The summed E-state index contributed by atoms with van der Waals surface area (Å²) < 4.78 is 5.91. The number of ether oxygens (including phenoxy) is 1. The number of likely N-dealkylation sites (tertiary alicyclic amines) is 1. The largest absolute Gasteiger partial charge is 0.475 e. The van der Waals surface area contributed by atoms with Crippen molar-refractivity contribution in [2.45, 2.75) is 25.8 Å². The van der Waals surface area contributed by atoms with Gasteiger partial charge < -0.3 is 9.64 Å². The molecule has 9 heteroatoms. The number of pyridine rings is 2. The minimum atomic E-state index is -0.132. The standard InChI is InChI=1S/C23H21Cl2N5O2/c1-13-3-4-18(22-26-5-2-6-27-22)21(28-13)23(31)30-11-15-7-14(15)8-17(30)12-32-20-10-16(24)9-19(25)29-20/h2-6,9-10,14-15,17H,7-8,11-12H2,1H3/t14-,15+,17-/m0/s1. The zero-order chi connectivity index (χ0) is 22.2. The average Bonchev–Trinajstić information content (AvgIpc) is 3.55. The molecule has 0 N–H and O–H groups in total. The van der Waals surface area contributed by atoms with Crippen molar-refractivity contribution in [2.75, 3.05) is 13.2 Å². The van der Waals surface area contributed by atoms with Gasteiger partial charge in [0.25, 0.3) is 5.91 Å². The predicted molar refractivity (Wildman–Crippen MR) is 121 cm³/mol. The zero-order valence-corrected chi connectivity index (χ0v) is 18.9. The first-order valence-corrected chi connectivity index (χ1v) is 11.3. The monoisotopic (exact) mass is 469 g/mol. The highest BCUT2D eigenvalue weighted by Crippen LogP contribution is 2.47. The van der Waals surface area contributed by atoms with Crippen LogP contribution in [0.25, 0.3) is 11.4 Å². The van der Waals surface area contributed by atoms with Crippen LogP contribution in [0.3, 0.4) is 0 Å². The number of aromatic nitrogens is 4. The quantitative estimate of drug-likeness (QED) is 0.512. The fraction of sp³-hybridized carbons (Fsp3) is 0.348. The van der Waals surface area contributed by atoms with Gasteiger partial charge in [-0.3, -0.25) is 4.79 Å². The lowest BCUT2D eigenvalue weighted by atomic mass is 10.0. The molecule has 3 atom stereocenters. The average molecular weight is 470 g/mol. The molecule has 2 aliphatic rings. The number of carbonyl (C=O) groups is 1. The van der Waals surface area contributed by atoms with Crippen molar-refractivity contribution in [1.29, 1.82) is 0 Å². The van der Waals surface area contributed by atoms with Gasteiger partial charge in [0, 0.05) is 35.7 Å². The van der Waals surface area contributed by atoms with E-state index < -0.39 is 0 Å². The summed E-state index contributed by atoms with van der Waals surface area (Å²) in [6.45, 7) is 2.86. The molecule has 5 rings (SSSR count). The van der Waals surface area contributed by atoms with E-state index in [4.69, 9.17) is 27.9 Å². The van der Waals surface area contributed by atoms with Crippen LogP contribution in [0.1, 0.15) is 29.0 Å². The maximum atomic E-state index is 13.7. The number of amides is 1. The van der Waals surface area contributed by atoms with E-state index in [1.165, 1.54) is 0 Å². The summed E-state index contributed by atoms with van der Waals surface area (Å²) >= 11 is 12.1. The van der Waals surface area contributed by atoms with Crippen LogP contribution in [0.2, 0.25) is 10.2 Å². The molecule has 1 amide bonds. The Balaban J connectivity index is 1.42. The molecule has 3 aromatic rings. The molecule has 0 spiro atoms. The molecule has 4 heterocycles. The topological polar surface area (TPSA) is 81.1 Å². The van der Waals surface area contributed by atoms with E-state index in [0.717, 1.165) is 18.5 Å². The van der Waals surface area contributed by atoms with Crippen molar-refractivity contribution in [3.05, 3.63) is 64.3 Å². The molecule has 164 valence electrons. The lowest BCUT2D eigenvalue weighted by Crippen LogP contribution is -2.48. The smallest absolute Gasteiger partial charge is 0.273 e. The van der Waals surface area contributed by atoms with E-state index >= 15 is 0 Å². The van der Waals surface area contributed by atoms with Crippen LogP contribution in [-0.4, -0.2) is 49.9 Å². The Morgan fingerprint density at radius 3 is 2.72 bits per heavy atom. The molecule has 3 aromatic heterocycles. The van der Waals surface area contributed by atoms with Crippen molar-refractivity contribution in [3.63, 3.8) is 0 Å². The molecule has 32 heavy (non-hydrogen) atoms. The van der Waals surface area contributed by atoms with Gasteiger partial charge in [0.15, 0.2) is 5.82 Å². The summed E-state index contributed by atoms with van der Waals surface area (Å²) in [5, 5.41) is 0.720. The number of hydrogen-bond donors (Lipinski definition) is 0. The first kappa shape index (κ1) is 21.1. The third-order valence-electron chi connectivity index (χ3n) is 5.98. The number of carbonyl (C=O) groups excluding carboxylic acids is 1. The van der Waals surface area contributed by atoms with E-state index in [1.807, 2.05) is 24.0 Å². The Bertz CT molecular complexity index is 1140. The van der Waals surface area contributed by atoms with Crippen molar-refractivity contribution >= 4 is 29.1 Å². The molecular formula is C23H21Cl2N5O2. The van der Waals surface area contributed by atoms with Gasteiger partial charge in [0.1, 0.15) is 17.5 Å². The molecular weight excluding hydrogens is 449 g/mol. The summed E-state index contributed by atoms with van der Waals surface area (Å²) in [7, 11) is 0. The lowest BCUT2D eigenvalue weighted by Gasteiger charge is -2.35. The maximum absolute atomic E-state index is 13.7. The SMILES string of the molecule is Cc1ccc(-c2ncccn2)c(C(=O)N2C[C@H]3C[C@H]3C[C@H]2COc2cc(Cl)cc(Cl)n2)n1. The summed E-state index contributed by atoms with van der Waals surface area (Å²) in [6.07, 6.45) is 5.34. The Kier molecular flexibility index (Phi) is 5.69. The van der Waals surface area contributed by atoms with Gasteiger partial charge in [-0.05, 0) is 55.9 Å². The second kappa shape index (κ2) is 8.64. The highest BCUT2D eigenvalue weighted by Gasteiger charge is 2.47. The molecule has 1 saturated carbocycles. The summed E-state index contributed by atoms with van der Waals surface area (Å²) in [4.78, 5) is 33.0. The highest BCUT2D eigenvalue weighted by atomic mass is 35.5. The van der Waals surface area contributed by atoms with Crippen LogP contribution in [0.4, 0.5) is 0 Å². The maximum Gasteiger partial charge on any atom is 0.273 e. The van der Waals surface area contributed by atoms with E-state index in [-0.39, 0.29) is 17.1 Å². The Morgan fingerprint density at radius 2 is 1.94 bits per heavy atom. The summed E-state index contributed by atoms with van der Waals surface area (Å²) in [5.41, 5.74) is 1.76. The molecule has 0 unspecified atom stereocenters. The van der Waals surface area contributed by atoms with Crippen LogP contribution in [-0.2, 0) is 0 Å². The number of aryl methyl sites for hydroxylation is 1. The molecule has 0 aromatic carbocycles. The fourth-order valence-electron chi connectivity index (χ4n) is 4.28. The molecule has 2 fully saturated rings. The van der Waals surface area contributed by atoms with E-state index in [1.54, 1.807) is 30.6 Å². The third kappa shape index (κ3) is 4.40. The fourth-order valence-corrected chi connectivity index (χ4v) is 4.73.